The second kappa shape index (κ2) is 12.4. The fraction of sp³-hybridized carbons (Fsp3) is 1.00. The predicted octanol–water partition coefficient (Wildman–Crippen LogP) is 2.37. The van der Waals surface area contributed by atoms with Crippen LogP contribution in [0.5, 0.6) is 0 Å². The van der Waals surface area contributed by atoms with Crippen molar-refractivity contribution < 1.29 is 18.0 Å². The highest BCUT2D eigenvalue weighted by Gasteiger charge is 2.39. The van der Waals surface area contributed by atoms with Crippen molar-refractivity contribution in [3.63, 3.8) is 0 Å². The minimum Gasteiger partial charge on any atom is -0.379 e. The van der Waals surface area contributed by atoms with Gasteiger partial charge in [0.2, 0.25) is 0 Å². The van der Waals surface area contributed by atoms with Crippen molar-refractivity contribution in [1.82, 2.24) is 10.2 Å². The van der Waals surface area contributed by atoms with Crippen LogP contribution >= 0.6 is 0 Å². The van der Waals surface area contributed by atoms with Crippen LogP contribution in [-0.2, 0) is 18.0 Å². The van der Waals surface area contributed by atoms with Crippen LogP contribution < -0.4 is 5.32 Å². The number of hydrogen-bond acceptors (Lipinski definition) is 6. The molecule has 1 rings (SSSR count). The fourth-order valence-corrected chi connectivity index (χ4v) is 5.89. The van der Waals surface area contributed by atoms with Crippen LogP contribution in [0, 0.1) is 5.41 Å². The van der Waals surface area contributed by atoms with Crippen LogP contribution in [0.1, 0.15) is 41.0 Å². The van der Waals surface area contributed by atoms with E-state index in [0.717, 1.165) is 58.4 Å². The molecule has 1 N–H and O–H groups in total. The van der Waals surface area contributed by atoms with E-state index in [1.165, 1.54) is 0 Å². The molecule has 0 radical (unpaired) electrons. The molecule has 1 fully saturated rings. The number of rotatable bonds is 14. The molecule has 0 atom stereocenters. The van der Waals surface area contributed by atoms with Crippen molar-refractivity contribution in [1.29, 1.82) is 0 Å². The standard InChI is InChI=1S/C18H40N2O4Si/c1-6-22-25(23-7-2,24-8-3)15-9-10-19-16-18(4,5)17-20-11-13-21-14-12-20/h19H,6-17H2,1-5H3. The van der Waals surface area contributed by atoms with E-state index in [2.05, 4.69) is 24.1 Å². The van der Waals surface area contributed by atoms with Gasteiger partial charge < -0.3 is 23.3 Å². The summed E-state index contributed by atoms with van der Waals surface area (Å²) in [6, 6.07) is 0.874. The number of ether oxygens (including phenoxy) is 1. The van der Waals surface area contributed by atoms with Gasteiger partial charge in [-0.1, -0.05) is 13.8 Å². The van der Waals surface area contributed by atoms with Crippen LogP contribution in [0.2, 0.25) is 6.04 Å². The maximum atomic E-state index is 5.91. The van der Waals surface area contributed by atoms with Gasteiger partial charge in [0.05, 0.1) is 13.2 Å². The summed E-state index contributed by atoms with van der Waals surface area (Å²) >= 11 is 0. The third-order valence-corrected chi connectivity index (χ3v) is 7.44. The van der Waals surface area contributed by atoms with Crippen LogP contribution in [0.15, 0.2) is 0 Å². The monoisotopic (exact) mass is 376 g/mol. The molecule has 0 spiro atoms. The normalized spacial score (nSPS) is 17.2. The number of hydrogen-bond donors (Lipinski definition) is 1. The second-order valence-corrected chi connectivity index (χ2v) is 10.0. The maximum Gasteiger partial charge on any atom is 0.500 e. The molecule has 0 bridgehead atoms. The van der Waals surface area contributed by atoms with Gasteiger partial charge in [-0.25, -0.2) is 0 Å². The summed E-state index contributed by atoms with van der Waals surface area (Å²) in [5, 5.41) is 3.61. The van der Waals surface area contributed by atoms with Crippen LogP contribution in [0.3, 0.4) is 0 Å². The number of morpholine rings is 1. The first-order valence-corrected chi connectivity index (χ1v) is 11.8. The summed E-state index contributed by atoms with van der Waals surface area (Å²) in [6.45, 7) is 19.5. The molecule has 0 unspecified atom stereocenters. The van der Waals surface area contributed by atoms with Crippen LogP contribution in [0.25, 0.3) is 0 Å². The molecule has 0 saturated carbocycles. The Morgan fingerprint density at radius 3 is 2.08 bits per heavy atom. The Balaban J connectivity index is 2.29. The average Bonchev–Trinajstić information content (AvgIpc) is 2.55. The van der Waals surface area contributed by atoms with Gasteiger partial charge in [-0.15, -0.1) is 0 Å². The van der Waals surface area contributed by atoms with E-state index in [1.807, 2.05) is 20.8 Å². The summed E-state index contributed by atoms with van der Waals surface area (Å²) in [4.78, 5) is 2.50. The minimum absolute atomic E-state index is 0.256. The smallest absolute Gasteiger partial charge is 0.379 e. The van der Waals surface area contributed by atoms with E-state index < -0.39 is 8.80 Å². The SMILES string of the molecule is CCO[Si](CCCNCC(C)(C)CN1CCOCC1)(OCC)OCC. The highest BCUT2D eigenvalue weighted by molar-refractivity contribution is 6.60. The van der Waals surface area contributed by atoms with E-state index in [1.54, 1.807) is 0 Å². The van der Waals surface area contributed by atoms with Crippen molar-refractivity contribution in [2.75, 3.05) is 65.8 Å². The highest BCUT2D eigenvalue weighted by Crippen LogP contribution is 2.19. The Bertz CT molecular complexity index is 322. The first kappa shape index (κ1) is 23.0. The van der Waals surface area contributed by atoms with Crippen molar-refractivity contribution in [2.45, 2.75) is 47.1 Å². The molecule has 0 aliphatic carbocycles. The maximum absolute atomic E-state index is 5.91. The van der Waals surface area contributed by atoms with Gasteiger partial charge in [-0.3, -0.25) is 4.90 Å². The van der Waals surface area contributed by atoms with Crippen molar-refractivity contribution >= 4 is 8.80 Å². The largest absolute Gasteiger partial charge is 0.500 e. The minimum atomic E-state index is -2.49. The molecule has 150 valence electrons. The van der Waals surface area contributed by atoms with E-state index in [-0.39, 0.29) is 5.41 Å². The van der Waals surface area contributed by atoms with E-state index >= 15 is 0 Å². The third-order valence-electron chi connectivity index (χ3n) is 4.29. The zero-order valence-corrected chi connectivity index (χ0v) is 18.1. The van der Waals surface area contributed by atoms with Crippen LogP contribution in [0.4, 0.5) is 0 Å². The molecule has 0 aromatic heterocycles. The van der Waals surface area contributed by atoms with Gasteiger partial charge in [0.1, 0.15) is 0 Å². The van der Waals surface area contributed by atoms with Crippen molar-refractivity contribution in [3.8, 4) is 0 Å². The molecule has 1 heterocycles. The Morgan fingerprint density at radius 2 is 1.56 bits per heavy atom. The lowest BCUT2D eigenvalue weighted by Gasteiger charge is -2.35. The number of nitrogens with zero attached hydrogens (tertiary/aromatic N) is 1. The van der Waals surface area contributed by atoms with Gasteiger partial charge in [0.15, 0.2) is 0 Å². The molecule has 1 aliphatic rings. The summed E-state index contributed by atoms with van der Waals surface area (Å²) in [5.41, 5.74) is 0.256. The molecule has 0 aromatic carbocycles. The van der Waals surface area contributed by atoms with Crippen LogP contribution in [-0.4, -0.2) is 79.5 Å². The third kappa shape index (κ3) is 9.47. The first-order chi connectivity index (χ1) is 12.0. The summed E-state index contributed by atoms with van der Waals surface area (Å²) in [7, 11) is -2.49. The second-order valence-electron chi connectivity index (χ2n) is 7.32. The molecule has 0 amide bonds. The lowest BCUT2D eigenvalue weighted by Crippen LogP contribution is -2.47. The molecule has 7 heteroatoms. The van der Waals surface area contributed by atoms with Gasteiger partial charge in [0.25, 0.3) is 0 Å². The topological polar surface area (TPSA) is 52.2 Å². The first-order valence-electron chi connectivity index (χ1n) is 9.89. The Hall–Kier alpha value is -0.0231. The Labute approximate surface area is 155 Å². The molecule has 0 aromatic rings. The van der Waals surface area contributed by atoms with E-state index in [0.29, 0.717) is 19.8 Å². The molecule has 1 saturated heterocycles. The van der Waals surface area contributed by atoms with Gasteiger partial charge in [-0.05, 0) is 39.2 Å². The lowest BCUT2D eigenvalue weighted by atomic mass is 9.92. The van der Waals surface area contributed by atoms with E-state index in [9.17, 15) is 0 Å². The fourth-order valence-electron chi connectivity index (χ4n) is 3.28. The lowest BCUT2D eigenvalue weighted by molar-refractivity contribution is 0.0213. The molecule has 25 heavy (non-hydrogen) atoms. The zero-order chi connectivity index (χ0) is 18.6. The van der Waals surface area contributed by atoms with E-state index in [4.69, 9.17) is 18.0 Å². The summed E-state index contributed by atoms with van der Waals surface area (Å²) < 4.78 is 23.1. The highest BCUT2D eigenvalue weighted by atomic mass is 28.4. The summed E-state index contributed by atoms with van der Waals surface area (Å²) in [6.07, 6.45) is 1.01. The summed E-state index contributed by atoms with van der Waals surface area (Å²) in [5.74, 6) is 0. The predicted molar refractivity (Wildman–Crippen MR) is 104 cm³/mol. The Morgan fingerprint density at radius 1 is 1.00 bits per heavy atom. The van der Waals surface area contributed by atoms with Gasteiger partial charge >= 0.3 is 8.80 Å². The average molecular weight is 377 g/mol. The Kier molecular flexibility index (Phi) is 11.4. The molecule has 1 aliphatic heterocycles. The molecular weight excluding hydrogens is 336 g/mol. The molecule has 6 nitrogen and oxygen atoms in total. The van der Waals surface area contributed by atoms with Crippen molar-refractivity contribution in [3.05, 3.63) is 0 Å². The molecular formula is C18H40N2O4Si. The number of nitrogens with one attached hydrogen (secondary N) is 1. The zero-order valence-electron chi connectivity index (χ0n) is 17.1. The van der Waals surface area contributed by atoms with Gasteiger partial charge in [0, 0.05) is 52.0 Å². The quantitative estimate of drug-likeness (QED) is 0.371. The van der Waals surface area contributed by atoms with Gasteiger partial charge in [-0.2, -0.15) is 0 Å². The van der Waals surface area contributed by atoms with Crippen molar-refractivity contribution in [2.24, 2.45) is 5.41 Å².